The molecule has 0 unspecified atom stereocenters. The largest absolute Gasteiger partial charge is 0.822 e. The maximum absolute atomic E-state index is 8.06. The molecule has 0 aromatic rings. The molecule has 0 amide bonds. The molecule has 6 heavy (non-hydrogen) atoms. The van der Waals surface area contributed by atoms with Crippen molar-refractivity contribution in [2.75, 3.05) is 6.26 Å². The summed E-state index contributed by atoms with van der Waals surface area (Å²) >= 11 is 5.38. The molecule has 0 heterocycles. The Balaban J connectivity index is 0. The third-order valence-corrected chi connectivity index (χ3v) is 1.02. The van der Waals surface area contributed by atoms with Crippen molar-refractivity contribution >= 4 is 28.8 Å². The monoisotopic (exact) mass is 194 g/mol. The molecule has 33 valence electrons. The molecule has 0 bridgehead atoms. The Morgan fingerprint density at radius 3 is 2.00 bits per heavy atom. The predicted octanol–water partition coefficient (Wildman–Crippen LogP) is 0.819. The van der Waals surface area contributed by atoms with Crippen molar-refractivity contribution < 1.29 is 32.7 Å². The summed E-state index contributed by atoms with van der Waals surface area (Å²) < 4.78 is 0.00463. The Hall–Kier alpha value is 1.34. The van der Waals surface area contributed by atoms with Gasteiger partial charge in [-0.15, -0.1) is 0 Å². The van der Waals surface area contributed by atoms with Crippen LogP contribution in [0.1, 0.15) is 0 Å². The van der Waals surface area contributed by atoms with Gasteiger partial charge in [-0.05, 0) is 6.26 Å². The van der Waals surface area contributed by atoms with Crippen LogP contribution < -0.4 is 0 Å². The summed E-state index contributed by atoms with van der Waals surface area (Å²) in [5.74, 6) is 0. The van der Waals surface area contributed by atoms with E-state index in [-0.39, 0.29) is 37.1 Å². The van der Waals surface area contributed by atoms with E-state index in [0.717, 1.165) is 0 Å². The van der Waals surface area contributed by atoms with E-state index in [2.05, 4.69) is 12.6 Å². The molecule has 0 fully saturated rings. The zero-order chi connectivity index (χ0) is 4.28. The Morgan fingerprint density at radius 2 is 2.00 bits per heavy atom. The molecule has 0 aliphatic rings. The van der Waals surface area contributed by atoms with Gasteiger partial charge < -0.3 is 18.0 Å². The summed E-state index contributed by atoms with van der Waals surface area (Å²) in [6.45, 7) is 0. The van der Waals surface area contributed by atoms with E-state index in [0.29, 0.717) is 0 Å². The SMILES string of the molecule is CSC(=[N-])[S-].[Y]. The fraction of sp³-hybridized carbons (Fsp3) is 0.500. The van der Waals surface area contributed by atoms with Gasteiger partial charge in [0.25, 0.3) is 0 Å². The summed E-state index contributed by atoms with van der Waals surface area (Å²) in [4.78, 5) is 0. The number of hydrogen-bond donors (Lipinski definition) is 0. The molecule has 0 atom stereocenters. The molecule has 0 aliphatic carbocycles. The Kier molecular flexibility index (Phi) is 10.9. The molecule has 4 heteroatoms. The van der Waals surface area contributed by atoms with Crippen LogP contribution in [-0.4, -0.2) is 10.6 Å². The predicted molar refractivity (Wildman–Crippen MR) is 29.2 cm³/mol. The second-order valence-corrected chi connectivity index (χ2v) is 1.91. The molecule has 1 radical (unpaired) electrons. The van der Waals surface area contributed by atoms with Crippen LogP contribution in [0.25, 0.3) is 5.41 Å². The van der Waals surface area contributed by atoms with E-state index < -0.39 is 0 Å². The van der Waals surface area contributed by atoms with Crippen LogP contribution in [0.3, 0.4) is 0 Å². The average Bonchev–Trinajstić information content (AvgIpc) is 1.38. The van der Waals surface area contributed by atoms with Crippen molar-refractivity contribution in [1.82, 2.24) is 0 Å². The van der Waals surface area contributed by atoms with Gasteiger partial charge in [0.05, 0.1) is 0 Å². The standard InChI is InChI=1S/C2H4NS2.Y/c1-5-2(3)4;/h1H3,(H-,3,4);/q-1;/p-1. The van der Waals surface area contributed by atoms with E-state index in [1.807, 2.05) is 0 Å². The van der Waals surface area contributed by atoms with Crippen LogP contribution >= 0.6 is 11.8 Å². The van der Waals surface area contributed by atoms with Crippen LogP contribution in [0.5, 0.6) is 0 Å². The van der Waals surface area contributed by atoms with Gasteiger partial charge in [-0.3, -0.25) is 4.38 Å². The second-order valence-electron chi connectivity index (χ2n) is 0.470. The van der Waals surface area contributed by atoms with Gasteiger partial charge in [0.2, 0.25) is 0 Å². The quantitative estimate of drug-likeness (QED) is 0.323. The summed E-state index contributed by atoms with van der Waals surface area (Å²) in [6, 6.07) is 0. The molecule has 0 N–H and O–H groups in total. The minimum atomic E-state index is 0. The topological polar surface area (TPSA) is 22.3 Å². The summed E-state index contributed by atoms with van der Waals surface area (Å²) in [5.41, 5.74) is 0. The number of nitrogens with zero attached hydrogens (tertiary/aromatic N) is 1. The molecule has 1 nitrogen and oxygen atoms in total. The smallest absolute Gasteiger partial charge is 0 e. The van der Waals surface area contributed by atoms with Crippen LogP contribution in [0, 0.1) is 0 Å². The van der Waals surface area contributed by atoms with Crippen molar-refractivity contribution in [1.29, 1.82) is 0 Å². The van der Waals surface area contributed by atoms with Gasteiger partial charge in [0.15, 0.2) is 0 Å². The molecule has 0 rings (SSSR count). The Bertz CT molecular complexity index is 46.8. The van der Waals surface area contributed by atoms with Crippen molar-refractivity contribution in [3.8, 4) is 0 Å². The van der Waals surface area contributed by atoms with Crippen molar-refractivity contribution in [3.63, 3.8) is 0 Å². The van der Waals surface area contributed by atoms with E-state index in [4.69, 9.17) is 5.41 Å². The van der Waals surface area contributed by atoms with Gasteiger partial charge in [-0.2, -0.15) is 11.8 Å². The van der Waals surface area contributed by atoms with Gasteiger partial charge in [-0.1, -0.05) is 0 Å². The normalized spacial score (nSPS) is 6.17. The van der Waals surface area contributed by atoms with E-state index in [9.17, 15) is 0 Å². The molecular weight excluding hydrogens is 191 g/mol. The van der Waals surface area contributed by atoms with Crippen molar-refractivity contribution in [3.05, 3.63) is 5.41 Å². The molecular formula is C2H3NS2Y-2. The average molecular weight is 194 g/mol. The minimum Gasteiger partial charge on any atom is -0.822 e. The van der Waals surface area contributed by atoms with Crippen LogP contribution in [0.4, 0.5) is 0 Å². The number of thioether (sulfide) groups is 1. The van der Waals surface area contributed by atoms with E-state index >= 15 is 0 Å². The number of hydrogen-bond acceptors (Lipinski definition) is 2. The fourth-order valence-corrected chi connectivity index (χ4v) is 0. The third kappa shape index (κ3) is 9.02. The number of rotatable bonds is 0. The first-order valence-corrected chi connectivity index (χ1v) is 2.67. The van der Waals surface area contributed by atoms with E-state index in [1.165, 1.54) is 11.8 Å². The first-order valence-electron chi connectivity index (χ1n) is 1.04. The maximum atomic E-state index is 8.06. The van der Waals surface area contributed by atoms with Gasteiger partial charge in [-0.25, -0.2) is 0 Å². The zero-order valence-electron chi connectivity index (χ0n) is 3.34. The van der Waals surface area contributed by atoms with Crippen LogP contribution in [0.15, 0.2) is 0 Å². The third-order valence-electron chi connectivity index (χ3n) is 0.175. The van der Waals surface area contributed by atoms with Crippen molar-refractivity contribution in [2.45, 2.75) is 0 Å². The van der Waals surface area contributed by atoms with E-state index in [1.54, 1.807) is 6.26 Å². The first-order chi connectivity index (χ1) is 2.27. The Labute approximate surface area is 72.5 Å². The molecule has 0 aromatic carbocycles. The minimum absolute atomic E-state index is 0. The second kappa shape index (κ2) is 6.34. The van der Waals surface area contributed by atoms with Crippen LogP contribution in [0.2, 0.25) is 0 Å². The molecule has 0 saturated carbocycles. The first kappa shape index (κ1) is 10.3. The molecule has 0 saturated heterocycles. The van der Waals surface area contributed by atoms with Crippen molar-refractivity contribution in [2.24, 2.45) is 0 Å². The summed E-state index contributed by atoms with van der Waals surface area (Å²) in [5, 5.41) is 8.06. The molecule has 0 aromatic heterocycles. The van der Waals surface area contributed by atoms with Gasteiger partial charge >= 0.3 is 0 Å². The fourth-order valence-electron chi connectivity index (χ4n) is 0. The van der Waals surface area contributed by atoms with Gasteiger partial charge in [0.1, 0.15) is 0 Å². The summed E-state index contributed by atoms with van der Waals surface area (Å²) in [7, 11) is 0. The summed E-state index contributed by atoms with van der Waals surface area (Å²) in [6.07, 6.45) is 1.72. The van der Waals surface area contributed by atoms with Crippen LogP contribution in [-0.2, 0) is 45.3 Å². The Morgan fingerprint density at radius 1 is 1.83 bits per heavy atom. The molecule has 0 spiro atoms. The molecule has 0 aliphatic heterocycles. The van der Waals surface area contributed by atoms with Gasteiger partial charge in [0, 0.05) is 32.7 Å². The zero-order valence-corrected chi connectivity index (χ0v) is 7.81. The maximum Gasteiger partial charge on any atom is 0 e.